The van der Waals surface area contributed by atoms with E-state index in [-0.39, 0.29) is 0 Å². The average molecular weight is 381 g/mol. The Labute approximate surface area is 136 Å². The molecule has 0 N–H and O–H groups in total. The quantitative estimate of drug-likeness (QED) is 0.534. The predicted molar refractivity (Wildman–Crippen MR) is 86.6 cm³/mol. The first-order valence-electron chi connectivity index (χ1n) is 6.11. The van der Waals surface area contributed by atoms with Gasteiger partial charge in [-0.3, -0.25) is 4.68 Å². The van der Waals surface area contributed by atoms with Crippen LogP contribution >= 0.6 is 38.6 Å². The number of aryl methyl sites for hydroxylation is 2. The Morgan fingerprint density at radius 2 is 2.00 bits per heavy atom. The van der Waals surface area contributed by atoms with Gasteiger partial charge in [-0.2, -0.15) is 14.7 Å². The van der Waals surface area contributed by atoms with Gasteiger partial charge in [-0.15, -0.1) is 21.5 Å². The summed E-state index contributed by atoms with van der Waals surface area (Å²) < 4.78 is 4.69. The van der Waals surface area contributed by atoms with Crippen molar-refractivity contribution in [1.82, 2.24) is 29.6 Å². The third-order valence-electron chi connectivity index (χ3n) is 3.01. The molecule has 21 heavy (non-hydrogen) atoms. The van der Waals surface area contributed by atoms with Crippen molar-refractivity contribution >= 4 is 43.6 Å². The fourth-order valence-electron chi connectivity index (χ4n) is 2.12. The molecule has 6 nitrogen and oxygen atoms in total. The van der Waals surface area contributed by atoms with Crippen molar-refractivity contribution in [3.8, 4) is 21.4 Å². The minimum atomic E-state index is 0.766. The van der Waals surface area contributed by atoms with Crippen molar-refractivity contribution in [3.63, 3.8) is 0 Å². The van der Waals surface area contributed by atoms with Crippen LogP contribution in [0.15, 0.2) is 22.0 Å². The Morgan fingerprint density at radius 3 is 2.67 bits per heavy atom. The van der Waals surface area contributed by atoms with Crippen molar-refractivity contribution in [3.05, 3.63) is 27.7 Å². The molecule has 106 valence electrons. The van der Waals surface area contributed by atoms with Gasteiger partial charge in [-0.05, 0) is 41.1 Å². The van der Waals surface area contributed by atoms with E-state index in [1.54, 1.807) is 15.9 Å². The van der Waals surface area contributed by atoms with Crippen LogP contribution in [0.25, 0.3) is 26.4 Å². The first kappa shape index (κ1) is 13.1. The van der Waals surface area contributed by atoms with E-state index in [2.05, 4.69) is 36.3 Å². The molecule has 4 rings (SSSR count). The maximum Gasteiger partial charge on any atom is 0.235 e. The summed E-state index contributed by atoms with van der Waals surface area (Å²) in [4.78, 5) is 1.82. The fourth-order valence-corrected chi connectivity index (χ4v) is 4.36. The van der Waals surface area contributed by atoms with Gasteiger partial charge >= 0.3 is 0 Å². The maximum absolute atomic E-state index is 4.64. The van der Waals surface area contributed by atoms with E-state index < -0.39 is 0 Å². The van der Waals surface area contributed by atoms with E-state index in [0.717, 1.165) is 35.8 Å². The van der Waals surface area contributed by atoms with Crippen LogP contribution in [0.2, 0.25) is 0 Å². The molecule has 0 atom stereocenters. The van der Waals surface area contributed by atoms with Crippen LogP contribution in [-0.4, -0.2) is 29.6 Å². The number of hydrogen-bond donors (Lipinski definition) is 0. The van der Waals surface area contributed by atoms with Crippen molar-refractivity contribution in [2.75, 3.05) is 0 Å². The first-order chi connectivity index (χ1) is 10.1. The van der Waals surface area contributed by atoms with Crippen LogP contribution in [0.3, 0.4) is 0 Å². The normalized spacial score (nSPS) is 11.6. The van der Waals surface area contributed by atoms with Gasteiger partial charge in [0.05, 0.1) is 20.1 Å². The topological polar surface area (TPSA) is 60.9 Å². The Kier molecular flexibility index (Phi) is 2.95. The molecule has 4 aromatic heterocycles. The highest BCUT2D eigenvalue weighted by Gasteiger charge is 2.17. The monoisotopic (exact) mass is 380 g/mol. The molecule has 4 aromatic rings. The van der Waals surface area contributed by atoms with E-state index in [1.807, 2.05) is 36.9 Å². The third kappa shape index (κ3) is 2.12. The zero-order valence-electron chi connectivity index (χ0n) is 11.1. The highest BCUT2D eigenvalue weighted by Crippen LogP contribution is 2.32. The molecule has 0 amide bonds. The summed E-state index contributed by atoms with van der Waals surface area (Å²) in [7, 11) is 1.92. The molecule has 0 aliphatic carbocycles. The Hall–Kier alpha value is -1.58. The second kappa shape index (κ2) is 4.72. The number of thiophene rings is 1. The first-order valence-corrected chi connectivity index (χ1v) is 8.53. The highest BCUT2D eigenvalue weighted by atomic mass is 79.9. The SMILES string of the molecule is Cc1cc(-c2nn3c(-c4ccc(Br)s4)nnc3s2)n(C)n1. The van der Waals surface area contributed by atoms with Crippen LogP contribution in [-0.2, 0) is 7.05 Å². The van der Waals surface area contributed by atoms with E-state index in [9.17, 15) is 0 Å². The fraction of sp³-hybridized carbons (Fsp3) is 0.167. The van der Waals surface area contributed by atoms with E-state index >= 15 is 0 Å². The van der Waals surface area contributed by atoms with Crippen LogP contribution in [0.1, 0.15) is 5.69 Å². The Balaban J connectivity index is 1.88. The molecule has 0 fully saturated rings. The molecule has 9 heteroatoms. The van der Waals surface area contributed by atoms with Crippen LogP contribution in [0, 0.1) is 6.92 Å². The lowest BCUT2D eigenvalue weighted by Crippen LogP contribution is -1.95. The standard InChI is InChI=1S/C12H9BrN6S2/c1-6-5-7(18(2)16-6)11-17-19-10(14-15-12(19)21-11)8-3-4-9(13)20-8/h3-5H,1-2H3. The molecule has 0 aromatic carbocycles. The number of nitrogens with zero attached hydrogens (tertiary/aromatic N) is 6. The summed E-state index contributed by atoms with van der Waals surface area (Å²) in [6, 6.07) is 6.03. The molecule has 0 radical (unpaired) electrons. The lowest BCUT2D eigenvalue weighted by atomic mass is 10.4. The van der Waals surface area contributed by atoms with E-state index in [0.29, 0.717) is 0 Å². The number of hydrogen-bond acceptors (Lipinski definition) is 6. The molecule has 0 unspecified atom stereocenters. The number of rotatable bonds is 2. The summed E-state index contributed by atoms with van der Waals surface area (Å²) in [6.07, 6.45) is 0. The van der Waals surface area contributed by atoms with Crippen molar-refractivity contribution in [1.29, 1.82) is 0 Å². The van der Waals surface area contributed by atoms with Crippen LogP contribution in [0.4, 0.5) is 0 Å². The van der Waals surface area contributed by atoms with Gasteiger partial charge in [0.25, 0.3) is 0 Å². The molecular formula is C12H9BrN6S2. The lowest BCUT2D eigenvalue weighted by molar-refractivity contribution is 0.761. The summed E-state index contributed by atoms with van der Waals surface area (Å²) in [5.74, 6) is 0.766. The van der Waals surface area contributed by atoms with Gasteiger partial charge in [0.1, 0.15) is 0 Å². The Bertz CT molecular complexity index is 946. The van der Waals surface area contributed by atoms with Crippen LogP contribution in [0.5, 0.6) is 0 Å². The number of halogens is 1. The predicted octanol–water partition coefficient (Wildman–Crippen LogP) is 3.39. The van der Waals surface area contributed by atoms with Crippen LogP contribution < -0.4 is 0 Å². The summed E-state index contributed by atoms with van der Waals surface area (Å²) >= 11 is 6.59. The van der Waals surface area contributed by atoms with Gasteiger partial charge in [0.2, 0.25) is 4.96 Å². The summed E-state index contributed by atoms with van der Waals surface area (Å²) in [5.41, 5.74) is 1.96. The summed E-state index contributed by atoms with van der Waals surface area (Å²) in [6.45, 7) is 1.97. The zero-order valence-corrected chi connectivity index (χ0v) is 14.3. The lowest BCUT2D eigenvalue weighted by Gasteiger charge is -1.95. The Morgan fingerprint density at radius 1 is 1.14 bits per heavy atom. The average Bonchev–Trinajstić information content (AvgIpc) is 3.13. The molecule has 0 spiro atoms. The van der Waals surface area contributed by atoms with Crippen molar-refractivity contribution in [2.45, 2.75) is 6.92 Å². The maximum atomic E-state index is 4.64. The molecule has 0 saturated heterocycles. The smallest absolute Gasteiger partial charge is 0.235 e. The minimum absolute atomic E-state index is 0.766. The van der Waals surface area contributed by atoms with Gasteiger partial charge in [-0.1, -0.05) is 11.3 Å². The van der Waals surface area contributed by atoms with Crippen molar-refractivity contribution in [2.24, 2.45) is 7.05 Å². The van der Waals surface area contributed by atoms with Crippen molar-refractivity contribution < 1.29 is 0 Å². The molecule has 0 aliphatic rings. The molecule has 0 bridgehead atoms. The second-order valence-electron chi connectivity index (χ2n) is 4.52. The minimum Gasteiger partial charge on any atom is -0.265 e. The molecular weight excluding hydrogens is 372 g/mol. The van der Waals surface area contributed by atoms with E-state index in [4.69, 9.17) is 0 Å². The largest absolute Gasteiger partial charge is 0.265 e. The highest BCUT2D eigenvalue weighted by molar-refractivity contribution is 9.11. The zero-order chi connectivity index (χ0) is 14.6. The molecule has 4 heterocycles. The van der Waals surface area contributed by atoms with Gasteiger partial charge in [0.15, 0.2) is 10.8 Å². The van der Waals surface area contributed by atoms with Gasteiger partial charge in [0, 0.05) is 7.05 Å². The third-order valence-corrected chi connectivity index (χ3v) is 5.55. The molecule has 0 saturated carbocycles. The second-order valence-corrected chi connectivity index (χ2v) is 7.94. The van der Waals surface area contributed by atoms with Gasteiger partial charge in [-0.25, -0.2) is 0 Å². The number of aromatic nitrogens is 6. The molecule has 0 aliphatic heterocycles. The summed E-state index contributed by atoms with van der Waals surface area (Å²) in [5, 5.41) is 18.3. The van der Waals surface area contributed by atoms with E-state index in [1.165, 1.54) is 11.3 Å². The van der Waals surface area contributed by atoms with Gasteiger partial charge < -0.3 is 0 Å². The number of fused-ring (bicyclic) bond motifs is 1.